The summed E-state index contributed by atoms with van der Waals surface area (Å²) in [6.45, 7) is 0. The molecule has 14 rings (SSSR count). The Balaban J connectivity index is 1.01. The minimum atomic E-state index is 0.749. The Morgan fingerprint density at radius 1 is 0.342 bits per heavy atom. The van der Waals surface area contributed by atoms with E-state index in [9.17, 15) is 0 Å². The van der Waals surface area contributed by atoms with Gasteiger partial charge in [0.15, 0.2) is 5.75 Å². The van der Waals surface area contributed by atoms with Gasteiger partial charge in [0.05, 0.1) is 43.3 Å². The lowest BCUT2D eigenvalue weighted by Gasteiger charge is -2.34. The topological polar surface area (TPSA) is 37.0 Å². The monoisotopic (exact) mass is 956 g/mol. The zero-order valence-electron chi connectivity index (χ0n) is 39.4. The summed E-state index contributed by atoms with van der Waals surface area (Å²) in [5, 5.41) is 4.44. The molecule has 7 heteroatoms. The molecular weight excluding hydrogens is 913 g/mol. The van der Waals surface area contributed by atoms with Crippen LogP contribution in [0.25, 0.3) is 49.4 Å². The van der Waals surface area contributed by atoms with Crippen molar-refractivity contribution in [2.24, 2.45) is 0 Å². The number of rotatable bonds is 10. The molecule has 0 saturated heterocycles. The fourth-order valence-electron chi connectivity index (χ4n) is 10.6. The average molecular weight is 957 g/mol. The first kappa shape index (κ1) is 42.4. The molecule has 6 nitrogen and oxygen atoms in total. The van der Waals surface area contributed by atoms with Crippen molar-refractivity contribution in [1.82, 2.24) is 4.57 Å². The zero-order valence-corrected chi connectivity index (χ0v) is 40.2. The van der Waals surface area contributed by atoms with E-state index in [1.54, 1.807) is 11.8 Å². The van der Waals surface area contributed by atoms with Gasteiger partial charge >= 0.3 is 0 Å². The Labute approximate surface area is 426 Å². The number of aromatic nitrogens is 1. The molecule has 0 radical (unpaired) electrons. The molecule has 0 aliphatic carbocycles. The summed E-state index contributed by atoms with van der Waals surface area (Å²) in [6, 6.07) is 94.2. The van der Waals surface area contributed by atoms with E-state index < -0.39 is 0 Å². The maximum absolute atomic E-state index is 7.58. The molecule has 0 unspecified atom stereocenters. The van der Waals surface area contributed by atoms with E-state index in [4.69, 9.17) is 9.15 Å². The first-order valence-electron chi connectivity index (χ1n) is 24.5. The Hall–Kier alpha value is -9.43. The highest BCUT2D eigenvalue weighted by Crippen LogP contribution is 2.59. The fraction of sp³-hybridized carbons (Fsp3) is 0. The third kappa shape index (κ3) is 7.28. The lowest BCUT2D eigenvalue weighted by Crippen LogP contribution is -2.16. The van der Waals surface area contributed by atoms with E-state index in [2.05, 4.69) is 274 Å². The standard InChI is InChI=1S/C66H44N4O2S/c1-6-21-45(22-7-1)67(46-23-8-2-9-24-46)51-38-42-63-62(44-51)72-65-58(40-41-59(66(65)73-63)70(49-29-14-5-15-30-49)57-34-20-36-61-64(57)53-32-17-19-35-60(53)71-61)68(47-25-10-3-11-26-47)50-37-39-56-54(43-50)52-31-16-18-33-55(52)69(56)48-27-12-4-13-28-48/h1-44H. The van der Waals surface area contributed by atoms with Crippen molar-refractivity contribution in [3.63, 3.8) is 0 Å². The Bertz CT molecular complexity index is 4120. The van der Waals surface area contributed by atoms with Gasteiger partial charge in [0, 0.05) is 62.0 Å². The molecule has 0 saturated carbocycles. The minimum Gasteiger partial charge on any atom is -0.456 e. The summed E-state index contributed by atoms with van der Waals surface area (Å²) in [5.74, 6) is 1.52. The Morgan fingerprint density at radius 3 is 1.58 bits per heavy atom. The van der Waals surface area contributed by atoms with Crippen molar-refractivity contribution in [1.29, 1.82) is 0 Å². The highest BCUT2D eigenvalue weighted by atomic mass is 32.2. The SMILES string of the molecule is c1ccc(N(c2ccccc2)c2ccc3c(c2)Oc2c(N(c4ccccc4)c4ccc5c(c4)c4ccccc4n5-c4ccccc4)ccc(N(c4ccccc4)c4cccc5oc6ccccc6c45)c2S3)cc1. The quantitative estimate of drug-likeness (QED) is 0.136. The third-order valence-corrected chi connectivity index (χ3v) is 14.9. The molecular formula is C66H44N4O2S. The predicted molar refractivity (Wildman–Crippen MR) is 303 cm³/mol. The van der Waals surface area contributed by atoms with Crippen LogP contribution < -0.4 is 19.4 Å². The average Bonchev–Trinajstić information content (AvgIpc) is 4.01. The number of benzene rings is 11. The van der Waals surface area contributed by atoms with Crippen molar-refractivity contribution in [3.8, 4) is 17.2 Å². The number of nitrogens with zero attached hydrogens (tertiary/aromatic N) is 4. The lowest BCUT2D eigenvalue weighted by molar-refractivity contribution is 0.456. The molecule has 11 aromatic carbocycles. The van der Waals surface area contributed by atoms with Gasteiger partial charge in [-0.2, -0.15) is 0 Å². The maximum Gasteiger partial charge on any atom is 0.167 e. The van der Waals surface area contributed by atoms with Crippen molar-refractivity contribution in [2.45, 2.75) is 9.79 Å². The van der Waals surface area contributed by atoms with Crippen LogP contribution in [-0.2, 0) is 0 Å². The second-order valence-corrected chi connectivity index (χ2v) is 19.1. The van der Waals surface area contributed by atoms with Crippen molar-refractivity contribution < 1.29 is 9.15 Å². The van der Waals surface area contributed by atoms with Gasteiger partial charge in [-0.1, -0.05) is 145 Å². The number of para-hydroxylation sites is 7. The van der Waals surface area contributed by atoms with Gasteiger partial charge in [-0.05, 0) is 127 Å². The van der Waals surface area contributed by atoms with Gasteiger partial charge in [-0.25, -0.2) is 0 Å². The molecule has 0 N–H and O–H groups in total. The van der Waals surface area contributed by atoms with Crippen LogP contribution in [0, 0.1) is 0 Å². The summed E-state index contributed by atoms with van der Waals surface area (Å²) in [7, 11) is 0. The molecule has 0 atom stereocenters. The smallest absolute Gasteiger partial charge is 0.167 e. The van der Waals surface area contributed by atoms with Gasteiger partial charge < -0.3 is 28.4 Å². The predicted octanol–water partition coefficient (Wildman–Crippen LogP) is 19.3. The summed E-state index contributed by atoms with van der Waals surface area (Å²) >= 11 is 1.74. The molecule has 1 aliphatic rings. The van der Waals surface area contributed by atoms with Crippen LogP contribution in [0.4, 0.5) is 51.2 Å². The molecule has 1 aliphatic heterocycles. The fourth-order valence-corrected chi connectivity index (χ4v) is 11.7. The van der Waals surface area contributed by atoms with E-state index in [1.807, 2.05) is 12.1 Å². The number of furan rings is 1. The number of anilines is 9. The van der Waals surface area contributed by atoms with E-state index in [1.165, 1.54) is 5.39 Å². The van der Waals surface area contributed by atoms with Crippen LogP contribution in [0.15, 0.2) is 281 Å². The summed E-state index contributed by atoms with van der Waals surface area (Å²) in [4.78, 5) is 9.00. The van der Waals surface area contributed by atoms with Crippen LogP contribution in [0.1, 0.15) is 0 Å². The number of hydrogen-bond acceptors (Lipinski definition) is 6. The number of ether oxygens (including phenoxy) is 1. The number of fused-ring (bicyclic) bond motifs is 8. The molecule has 0 amide bonds. The summed E-state index contributed by atoms with van der Waals surface area (Å²) in [6.07, 6.45) is 0. The van der Waals surface area contributed by atoms with E-state index in [0.717, 1.165) is 117 Å². The van der Waals surface area contributed by atoms with Gasteiger partial charge in [-0.3, -0.25) is 0 Å². The number of hydrogen-bond donors (Lipinski definition) is 0. The van der Waals surface area contributed by atoms with Crippen LogP contribution in [-0.4, -0.2) is 4.57 Å². The molecule has 0 spiro atoms. The molecule has 0 bridgehead atoms. The highest BCUT2D eigenvalue weighted by molar-refractivity contribution is 7.99. The molecule has 2 aromatic heterocycles. The Morgan fingerprint density at radius 2 is 0.877 bits per heavy atom. The highest BCUT2D eigenvalue weighted by Gasteiger charge is 2.32. The van der Waals surface area contributed by atoms with Gasteiger partial charge in [0.1, 0.15) is 16.9 Å². The minimum absolute atomic E-state index is 0.749. The summed E-state index contributed by atoms with van der Waals surface area (Å²) in [5.41, 5.74) is 14.1. The largest absolute Gasteiger partial charge is 0.456 e. The van der Waals surface area contributed by atoms with Gasteiger partial charge in [0.25, 0.3) is 0 Å². The first-order chi connectivity index (χ1) is 36.2. The van der Waals surface area contributed by atoms with Gasteiger partial charge in [0.2, 0.25) is 0 Å². The zero-order chi connectivity index (χ0) is 48.2. The van der Waals surface area contributed by atoms with Gasteiger partial charge in [-0.15, -0.1) is 0 Å². The molecule has 13 aromatic rings. The molecule has 0 fully saturated rings. The van der Waals surface area contributed by atoms with Crippen molar-refractivity contribution >= 4 is 107 Å². The van der Waals surface area contributed by atoms with E-state index in [0.29, 0.717) is 0 Å². The van der Waals surface area contributed by atoms with Crippen LogP contribution >= 0.6 is 11.8 Å². The normalized spacial score (nSPS) is 11.9. The second-order valence-electron chi connectivity index (χ2n) is 18.1. The first-order valence-corrected chi connectivity index (χ1v) is 25.3. The summed E-state index contributed by atoms with van der Waals surface area (Å²) < 4.78 is 16.5. The lowest BCUT2D eigenvalue weighted by atomic mass is 10.1. The van der Waals surface area contributed by atoms with Crippen LogP contribution in [0.3, 0.4) is 0 Å². The van der Waals surface area contributed by atoms with Crippen molar-refractivity contribution in [3.05, 3.63) is 267 Å². The second kappa shape index (κ2) is 17.8. The van der Waals surface area contributed by atoms with Crippen LogP contribution in [0.2, 0.25) is 0 Å². The molecule has 3 heterocycles. The van der Waals surface area contributed by atoms with Crippen molar-refractivity contribution in [2.75, 3.05) is 14.7 Å². The third-order valence-electron chi connectivity index (χ3n) is 13.8. The van der Waals surface area contributed by atoms with E-state index in [-0.39, 0.29) is 0 Å². The molecule has 346 valence electrons. The molecule has 73 heavy (non-hydrogen) atoms. The van der Waals surface area contributed by atoms with E-state index >= 15 is 0 Å². The maximum atomic E-state index is 7.58. The Kier molecular flexibility index (Phi) is 10.3. The van der Waals surface area contributed by atoms with Crippen LogP contribution in [0.5, 0.6) is 11.5 Å².